The van der Waals surface area contributed by atoms with Gasteiger partial charge in [-0.05, 0) is 18.2 Å². The van der Waals surface area contributed by atoms with Crippen LogP contribution in [0.25, 0.3) is 0 Å². The first kappa shape index (κ1) is 15.0. The molecular formula is C13H9F5N2O. The molecule has 0 amide bonds. The number of benzene rings is 1. The minimum atomic E-state index is -4.55. The van der Waals surface area contributed by atoms with E-state index in [0.29, 0.717) is 12.1 Å². The van der Waals surface area contributed by atoms with Crippen molar-refractivity contribution in [3.8, 4) is 11.6 Å². The lowest BCUT2D eigenvalue weighted by Crippen LogP contribution is -2.05. The molecule has 1 aromatic carbocycles. The highest BCUT2D eigenvalue weighted by molar-refractivity contribution is 5.41. The van der Waals surface area contributed by atoms with Gasteiger partial charge in [0, 0.05) is 13.1 Å². The average Bonchev–Trinajstić information content (AvgIpc) is 2.41. The summed E-state index contributed by atoms with van der Waals surface area (Å²) >= 11 is 0. The van der Waals surface area contributed by atoms with Gasteiger partial charge in [-0.2, -0.15) is 18.2 Å². The second-order valence-electron chi connectivity index (χ2n) is 3.98. The lowest BCUT2D eigenvalue weighted by Gasteiger charge is -2.11. The van der Waals surface area contributed by atoms with Crippen molar-refractivity contribution in [3.63, 3.8) is 0 Å². The first-order chi connectivity index (χ1) is 9.81. The molecule has 1 heterocycles. The van der Waals surface area contributed by atoms with Gasteiger partial charge in [-0.3, -0.25) is 0 Å². The van der Waals surface area contributed by atoms with E-state index in [0.717, 1.165) is 12.1 Å². The molecule has 112 valence electrons. The van der Waals surface area contributed by atoms with E-state index in [2.05, 4.69) is 10.3 Å². The zero-order valence-electron chi connectivity index (χ0n) is 10.6. The van der Waals surface area contributed by atoms with Crippen molar-refractivity contribution in [1.29, 1.82) is 0 Å². The monoisotopic (exact) mass is 304 g/mol. The van der Waals surface area contributed by atoms with Crippen LogP contribution in [0, 0.1) is 11.6 Å². The van der Waals surface area contributed by atoms with Gasteiger partial charge in [-0.1, -0.05) is 6.07 Å². The summed E-state index contributed by atoms with van der Waals surface area (Å²) in [5.74, 6) is -3.22. The van der Waals surface area contributed by atoms with Crippen LogP contribution in [0.15, 0.2) is 30.3 Å². The second kappa shape index (κ2) is 5.55. The van der Waals surface area contributed by atoms with Crippen LogP contribution in [0.1, 0.15) is 5.56 Å². The Morgan fingerprint density at radius 3 is 2.43 bits per heavy atom. The largest absolute Gasteiger partial charge is 0.436 e. The van der Waals surface area contributed by atoms with Crippen LogP contribution in [0.5, 0.6) is 11.6 Å². The lowest BCUT2D eigenvalue weighted by molar-refractivity contribution is -0.137. The highest BCUT2D eigenvalue weighted by Gasteiger charge is 2.30. The quantitative estimate of drug-likeness (QED) is 0.862. The highest BCUT2D eigenvalue weighted by atomic mass is 19.4. The molecule has 0 unspecified atom stereocenters. The third-order valence-electron chi connectivity index (χ3n) is 2.51. The van der Waals surface area contributed by atoms with Crippen LogP contribution in [0.4, 0.5) is 27.8 Å². The number of aromatic nitrogens is 1. The maximum Gasteiger partial charge on any atom is 0.416 e. The van der Waals surface area contributed by atoms with Crippen molar-refractivity contribution in [2.75, 3.05) is 12.4 Å². The molecule has 2 rings (SSSR count). The van der Waals surface area contributed by atoms with E-state index in [9.17, 15) is 22.0 Å². The average molecular weight is 304 g/mol. The van der Waals surface area contributed by atoms with Gasteiger partial charge >= 0.3 is 6.18 Å². The molecular weight excluding hydrogens is 295 g/mol. The van der Waals surface area contributed by atoms with Crippen molar-refractivity contribution < 1.29 is 26.7 Å². The predicted molar refractivity (Wildman–Crippen MR) is 65.2 cm³/mol. The Morgan fingerprint density at radius 2 is 1.81 bits per heavy atom. The molecule has 1 N–H and O–H groups in total. The summed E-state index contributed by atoms with van der Waals surface area (Å²) in [4.78, 5) is 3.51. The summed E-state index contributed by atoms with van der Waals surface area (Å²) in [5.41, 5.74) is -0.948. The maximum atomic E-state index is 13.5. The van der Waals surface area contributed by atoms with Gasteiger partial charge in [-0.25, -0.2) is 8.78 Å². The molecule has 21 heavy (non-hydrogen) atoms. The molecule has 0 saturated carbocycles. The minimum absolute atomic E-state index is 0.259. The van der Waals surface area contributed by atoms with Crippen LogP contribution in [0.3, 0.4) is 0 Å². The van der Waals surface area contributed by atoms with Crippen molar-refractivity contribution >= 4 is 5.82 Å². The Hall–Kier alpha value is -2.38. The number of rotatable bonds is 3. The van der Waals surface area contributed by atoms with Crippen LogP contribution in [0.2, 0.25) is 0 Å². The predicted octanol–water partition coefficient (Wildman–Crippen LogP) is 4.21. The standard InChI is InChI=1S/C13H9F5N2O/c1-19-11-9(14)6-10(15)12(20-11)21-8-4-2-3-7(5-8)13(16,17)18/h2-6H,1H3,(H,19,20). The number of pyridine rings is 1. The minimum Gasteiger partial charge on any atom is -0.436 e. The van der Waals surface area contributed by atoms with E-state index in [1.807, 2.05) is 0 Å². The summed E-state index contributed by atoms with van der Waals surface area (Å²) in [6, 6.07) is 4.39. The number of hydrogen-bond acceptors (Lipinski definition) is 3. The molecule has 3 nitrogen and oxygen atoms in total. The molecule has 2 aromatic rings. The van der Waals surface area contributed by atoms with Gasteiger partial charge < -0.3 is 10.1 Å². The van der Waals surface area contributed by atoms with Crippen molar-refractivity contribution in [2.24, 2.45) is 0 Å². The number of halogens is 5. The molecule has 0 fully saturated rings. The summed E-state index contributed by atoms with van der Waals surface area (Å²) < 4.78 is 69.3. The van der Waals surface area contributed by atoms with E-state index in [1.54, 1.807) is 0 Å². The van der Waals surface area contributed by atoms with Crippen LogP contribution in [-0.2, 0) is 6.18 Å². The van der Waals surface area contributed by atoms with Gasteiger partial charge in [0.05, 0.1) is 5.56 Å². The van der Waals surface area contributed by atoms with Crippen LogP contribution >= 0.6 is 0 Å². The van der Waals surface area contributed by atoms with Gasteiger partial charge in [0.1, 0.15) is 5.75 Å². The summed E-state index contributed by atoms with van der Waals surface area (Å²) in [6.45, 7) is 0. The van der Waals surface area contributed by atoms with E-state index >= 15 is 0 Å². The molecule has 0 bridgehead atoms. The van der Waals surface area contributed by atoms with Crippen molar-refractivity contribution in [1.82, 2.24) is 4.98 Å². The number of nitrogens with zero attached hydrogens (tertiary/aromatic N) is 1. The van der Waals surface area contributed by atoms with Gasteiger partial charge in [-0.15, -0.1) is 0 Å². The first-order valence-corrected chi connectivity index (χ1v) is 5.70. The van der Waals surface area contributed by atoms with Gasteiger partial charge in [0.2, 0.25) is 0 Å². The summed E-state index contributed by atoms with van der Waals surface area (Å²) in [7, 11) is 1.36. The maximum absolute atomic E-state index is 13.5. The molecule has 0 aliphatic carbocycles. The molecule has 0 spiro atoms. The fourth-order valence-electron chi connectivity index (χ4n) is 1.54. The Labute approximate surface area is 116 Å². The summed E-state index contributed by atoms with van der Waals surface area (Å²) in [5, 5.41) is 2.37. The molecule has 8 heteroatoms. The molecule has 1 aromatic heterocycles. The van der Waals surface area contributed by atoms with E-state index in [-0.39, 0.29) is 11.6 Å². The van der Waals surface area contributed by atoms with E-state index in [4.69, 9.17) is 4.74 Å². The molecule has 0 atom stereocenters. The molecule has 0 saturated heterocycles. The van der Waals surface area contributed by atoms with Gasteiger partial charge in [0.15, 0.2) is 17.5 Å². The van der Waals surface area contributed by atoms with Crippen molar-refractivity contribution in [3.05, 3.63) is 47.5 Å². The zero-order chi connectivity index (χ0) is 15.6. The Kier molecular flexibility index (Phi) is 3.97. The van der Waals surface area contributed by atoms with E-state index < -0.39 is 29.3 Å². The normalized spacial score (nSPS) is 11.3. The number of anilines is 1. The Morgan fingerprint density at radius 1 is 1.10 bits per heavy atom. The summed E-state index contributed by atoms with van der Waals surface area (Å²) in [6.07, 6.45) is -4.55. The number of ether oxygens (including phenoxy) is 1. The van der Waals surface area contributed by atoms with Crippen molar-refractivity contribution in [2.45, 2.75) is 6.18 Å². The van der Waals surface area contributed by atoms with E-state index in [1.165, 1.54) is 13.1 Å². The third kappa shape index (κ3) is 3.39. The molecule has 0 radical (unpaired) electrons. The Bertz CT molecular complexity index is 657. The number of alkyl halides is 3. The fourth-order valence-corrected chi connectivity index (χ4v) is 1.54. The SMILES string of the molecule is CNc1nc(Oc2cccc(C(F)(F)F)c2)c(F)cc1F. The number of hydrogen-bond donors (Lipinski definition) is 1. The van der Waals surface area contributed by atoms with Crippen LogP contribution in [-0.4, -0.2) is 12.0 Å². The molecule has 0 aliphatic heterocycles. The third-order valence-corrected chi connectivity index (χ3v) is 2.51. The molecule has 0 aliphatic rings. The Balaban J connectivity index is 2.34. The smallest absolute Gasteiger partial charge is 0.416 e. The van der Waals surface area contributed by atoms with Crippen LogP contribution < -0.4 is 10.1 Å². The topological polar surface area (TPSA) is 34.2 Å². The highest BCUT2D eigenvalue weighted by Crippen LogP contribution is 2.33. The fraction of sp³-hybridized carbons (Fsp3) is 0.154. The first-order valence-electron chi connectivity index (χ1n) is 5.70. The van der Waals surface area contributed by atoms with Gasteiger partial charge in [0.25, 0.3) is 5.88 Å². The lowest BCUT2D eigenvalue weighted by atomic mass is 10.2. The zero-order valence-corrected chi connectivity index (χ0v) is 10.6. The second-order valence-corrected chi connectivity index (χ2v) is 3.98. The number of nitrogens with one attached hydrogen (secondary N) is 1.